The molecule has 1 aromatic heterocycles. The van der Waals surface area contributed by atoms with Gasteiger partial charge in [0.1, 0.15) is 5.75 Å². The van der Waals surface area contributed by atoms with E-state index >= 15 is 0 Å². The third kappa shape index (κ3) is 5.09. The van der Waals surface area contributed by atoms with Crippen molar-refractivity contribution in [2.75, 3.05) is 26.2 Å². The van der Waals surface area contributed by atoms with Crippen LogP contribution in [0.15, 0.2) is 42.9 Å². The number of fused-ring (bicyclic) bond motifs is 1. The van der Waals surface area contributed by atoms with Crippen molar-refractivity contribution in [3.05, 3.63) is 48.4 Å². The fourth-order valence-corrected chi connectivity index (χ4v) is 3.76. The molecule has 2 saturated heterocycles. The van der Waals surface area contributed by atoms with E-state index in [4.69, 9.17) is 4.74 Å². The summed E-state index contributed by atoms with van der Waals surface area (Å²) in [5.74, 6) is 2.52. The summed E-state index contributed by atoms with van der Waals surface area (Å²) in [6.45, 7) is 3.84. The van der Waals surface area contributed by atoms with Gasteiger partial charge >= 0.3 is 0 Å². The molecule has 0 aliphatic carbocycles. The average molecular weight is 411 g/mol. The molecule has 6 nitrogen and oxygen atoms in total. The Morgan fingerprint density at radius 1 is 1.11 bits per heavy atom. The standard InChI is InChI=1S/C19H22N4O2.2ClH/c24-19(23-8-4-15-11-21-12-16(15)5-9-23)14-2-1-3-17(10-14)25-18-13-20-6-7-22-18;;/h1-3,6-7,10,13,15-16,21H,4-5,8-9,11-12H2;2*1H/t15-,16+;;. The zero-order valence-corrected chi connectivity index (χ0v) is 16.5. The molecule has 1 amide bonds. The quantitative estimate of drug-likeness (QED) is 0.841. The zero-order chi connectivity index (χ0) is 17.1. The van der Waals surface area contributed by atoms with Gasteiger partial charge in [-0.2, -0.15) is 0 Å². The predicted octanol–water partition coefficient (Wildman–Crippen LogP) is 3.18. The van der Waals surface area contributed by atoms with Gasteiger partial charge in [-0.05, 0) is 56.0 Å². The predicted molar refractivity (Wildman–Crippen MR) is 108 cm³/mol. The van der Waals surface area contributed by atoms with Gasteiger partial charge in [0.2, 0.25) is 5.88 Å². The summed E-state index contributed by atoms with van der Waals surface area (Å²) in [5, 5.41) is 3.47. The first kappa shape index (κ1) is 21.4. The summed E-state index contributed by atoms with van der Waals surface area (Å²) in [5.41, 5.74) is 0.659. The van der Waals surface area contributed by atoms with E-state index in [2.05, 4.69) is 15.3 Å². The minimum atomic E-state index is 0. The molecule has 146 valence electrons. The van der Waals surface area contributed by atoms with Crippen molar-refractivity contribution in [2.45, 2.75) is 12.8 Å². The molecule has 0 radical (unpaired) electrons. The Bertz CT molecular complexity index is 733. The molecule has 4 rings (SSSR count). The number of nitrogens with one attached hydrogen (secondary N) is 1. The first-order valence-corrected chi connectivity index (χ1v) is 8.83. The lowest BCUT2D eigenvalue weighted by atomic mass is 9.92. The monoisotopic (exact) mass is 410 g/mol. The zero-order valence-electron chi connectivity index (χ0n) is 14.9. The van der Waals surface area contributed by atoms with Crippen LogP contribution in [-0.2, 0) is 0 Å². The van der Waals surface area contributed by atoms with Crippen LogP contribution in [0.2, 0.25) is 0 Å². The molecule has 2 aliphatic heterocycles. The molecule has 1 aromatic carbocycles. The van der Waals surface area contributed by atoms with Gasteiger partial charge in [0.25, 0.3) is 5.91 Å². The van der Waals surface area contributed by atoms with Gasteiger partial charge in [-0.3, -0.25) is 9.78 Å². The molecule has 1 N–H and O–H groups in total. The van der Waals surface area contributed by atoms with Crippen molar-refractivity contribution in [1.29, 1.82) is 0 Å². The molecular formula is C19H24Cl2N4O2. The van der Waals surface area contributed by atoms with E-state index in [9.17, 15) is 4.79 Å². The molecule has 0 bridgehead atoms. The van der Waals surface area contributed by atoms with Gasteiger partial charge in [0.15, 0.2) is 0 Å². The van der Waals surface area contributed by atoms with Crippen LogP contribution in [0.3, 0.4) is 0 Å². The molecule has 2 atom stereocenters. The molecule has 0 saturated carbocycles. The summed E-state index contributed by atoms with van der Waals surface area (Å²) in [6.07, 6.45) is 6.89. The van der Waals surface area contributed by atoms with Crippen LogP contribution in [0, 0.1) is 11.8 Å². The average Bonchev–Trinajstić information content (AvgIpc) is 3.01. The second-order valence-corrected chi connectivity index (χ2v) is 6.72. The van der Waals surface area contributed by atoms with Gasteiger partial charge in [-0.15, -0.1) is 24.8 Å². The van der Waals surface area contributed by atoms with Gasteiger partial charge in [-0.1, -0.05) is 6.07 Å². The Kier molecular flexibility index (Phi) is 7.83. The first-order chi connectivity index (χ1) is 12.3. The van der Waals surface area contributed by atoms with E-state index in [1.165, 1.54) is 0 Å². The number of rotatable bonds is 3. The van der Waals surface area contributed by atoms with Crippen LogP contribution in [0.25, 0.3) is 0 Å². The van der Waals surface area contributed by atoms with Gasteiger partial charge in [0, 0.05) is 31.0 Å². The van der Waals surface area contributed by atoms with Gasteiger partial charge in [-0.25, -0.2) is 4.98 Å². The third-order valence-electron chi connectivity index (χ3n) is 5.15. The molecule has 8 heteroatoms. The lowest BCUT2D eigenvalue weighted by molar-refractivity contribution is 0.0758. The number of ether oxygens (including phenoxy) is 1. The number of carbonyl (C=O) groups excluding carboxylic acids is 1. The first-order valence-electron chi connectivity index (χ1n) is 8.83. The van der Waals surface area contributed by atoms with Crippen molar-refractivity contribution in [3.63, 3.8) is 0 Å². The van der Waals surface area contributed by atoms with Crippen LogP contribution in [0.1, 0.15) is 23.2 Å². The summed E-state index contributed by atoms with van der Waals surface area (Å²) in [6, 6.07) is 7.29. The van der Waals surface area contributed by atoms with E-state index in [-0.39, 0.29) is 30.7 Å². The number of benzene rings is 1. The van der Waals surface area contributed by atoms with Crippen LogP contribution < -0.4 is 10.1 Å². The molecule has 0 spiro atoms. The minimum absolute atomic E-state index is 0. The summed E-state index contributed by atoms with van der Waals surface area (Å²) in [4.78, 5) is 23.0. The molecule has 3 heterocycles. The number of aromatic nitrogens is 2. The SMILES string of the molecule is Cl.Cl.O=C(c1cccc(Oc2cnccn2)c1)N1CC[C@@H]2CNC[C@@H]2CC1. The highest BCUT2D eigenvalue weighted by atomic mass is 35.5. The molecular weight excluding hydrogens is 387 g/mol. The Morgan fingerprint density at radius 2 is 1.85 bits per heavy atom. The third-order valence-corrected chi connectivity index (χ3v) is 5.15. The smallest absolute Gasteiger partial charge is 0.253 e. The maximum atomic E-state index is 12.9. The number of hydrogen-bond donors (Lipinski definition) is 1. The normalized spacial score (nSPS) is 21.3. The van der Waals surface area contributed by atoms with Crippen molar-refractivity contribution in [1.82, 2.24) is 20.2 Å². The highest BCUT2D eigenvalue weighted by Crippen LogP contribution is 2.28. The molecule has 0 unspecified atom stereocenters. The van der Waals surface area contributed by atoms with Gasteiger partial charge < -0.3 is 15.0 Å². The lowest BCUT2D eigenvalue weighted by Crippen LogP contribution is -2.32. The number of likely N-dealkylation sites (tertiary alicyclic amines) is 1. The van der Waals surface area contributed by atoms with Crippen LogP contribution in [0.4, 0.5) is 0 Å². The van der Waals surface area contributed by atoms with Crippen molar-refractivity contribution < 1.29 is 9.53 Å². The summed E-state index contributed by atoms with van der Waals surface area (Å²) in [7, 11) is 0. The van der Waals surface area contributed by atoms with E-state index in [0.29, 0.717) is 29.0 Å². The van der Waals surface area contributed by atoms with Crippen LogP contribution in [-0.4, -0.2) is 47.0 Å². The second kappa shape index (κ2) is 9.88. The Balaban J connectivity index is 0.00000131. The number of carbonyl (C=O) groups is 1. The van der Waals surface area contributed by atoms with Gasteiger partial charge in [0.05, 0.1) is 6.20 Å². The van der Waals surface area contributed by atoms with E-state index in [1.54, 1.807) is 24.7 Å². The largest absolute Gasteiger partial charge is 0.437 e. The number of amides is 1. The Morgan fingerprint density at radius 3 is 2.52 bits per heavy atom. The fourth-order valence-electron chi connectivity index (χ4n) is 3.76. The number of hydrogen-bond acceptors (Lipinski definition) is 5. The molecule has 2 aromatic rings. The van der Waals surface area contributed by atoms with E-state index < -0.39 is 0 Å². The Labute approximate surface area is 171 Å². The number of halogens is 2. The highest BCUT2D eigenvalue weighted by molar-refractivity contribution is 5.94. The van der Waals surface area contributed by atoms with Crippen LogP contribution >= 0.6 is 24.8 Å². The molecule has 27 heavy (non-hydrogen) atoms. The molecule has 2 aliphatic rings. The summed E-state index contributed by atoms with van der Waals surface area (Å²) >= 11 is 0. The summed E-state index contributed by atoms with van der Waals surface area (Å²) < 4.78 is 5.69. The minimum Gasteiger partial charge on any atom is -0.437 e. The Hall–Kier alpha value is -1.89. The number of nitrogens with zero attached hydrogens (tertiary/aromatic N) is 3. The lowest BCUT2D eigenvalue weighted by Gasteiger charge is -2.21. The van der Waals surface area contributed by atoms with Crippen LogP contribution in [0.5, 0.6) is 11.6 Å². The van der Waals surface area contributed by atoms with Crippen molar-refractivity contribution in [3.8, 4) is 11.6 Å². The van der Waals surface area contributed by atoms with E-state index in [1.807, 2.05) is 23.1 Å². The van der Waals surface area contributed by atoms with Crippen molar-refractivity contribution in [2.24, 2.45) is 11.8 Å². The maximum absolute atomic E-state index is 12.9. The fraction of sp³-hybridized carbons (Fsp3) is 0.421. The van der Waals surface area contributed by atoms with E-state index in [0.717, 1.165) is 39.0 Å². The second-order valence-electron chi connectivity index (χ2n) is 6.72. The molecule has 2 fully saturated rings. The topological polar surface area (TPSA) is 67.3 Å². The maximum Gasteiger partial charge on any atom is 0.253 e. The van der Waals surface area contributed by atoms with Crippen molar-refractivity contribution >= 4 is 30.7 Å². The highest BCUT2D eigenvalue weighted by Gasteiger charge is 2.31.